The minimum Gasteiger partial charge on any atom is -0.496 e. The Labute approximate surface area is 151 Å². The number of aromatic nitrogens is 1. The summed E-state index contributed by atoms with van der Waals surface area (Å²) in [7, 11) is 1.57. The average molecular weight is 354 g/mol. The maximum atomic E-state index is 11.6. The Morgan fingerprint density at radius 2 is 1.96 bits per heavy atom. The van der Waals surface area contributed by atoms with E-state index < -0.39 is 0 Å². The van der Waals surface area contributed by atoms with E-state index >= 15 is 0 Å². The molecule has 128 valence electrons. The second kappa shape index (κ2) is 7.95. The van der Waals surface area contributed by atoms with E-state index in [-0.39, 0.29) is 11.6 Å². The summed E-state index contributed by atoms with van der Waals surface area (Å²) in [4.78, 5) is 27.6. The monoisotopic (exact) mass is 354 g/mol. The number of rotatable bonds is 6. The van der Waals surface area contributed by atoms with Gasteiger partial charge in [0, 0.05) is 28.1 Å². The average Bonchev–Trinajstić information content (AvgIpc) is 2.59. The van der Waals surface area contributed by atoms with Crippen LogP contribution in [0, 0.1) is 18.3 Å². The van der Waals surface area contributed by atoms with E-state index in [1.165, 1.54) is 25.6 Å². The quantitative estimate of drug-likeness (QED) is 0.577. The lowest BCUT2D eigenvalue weighted by Gasteiger charge is -2.11. The molecule has 6 heteroatoms. The second-order valence-electron chi connectivity index (χ2n) is 5.51. The number of ether oxygens (including phenoxy) is 1. The van der Waals surface area contributed by atoms with Crippen molar-refractivity contribution in [2.45, 2.75) is 31.6 Å². The van der Waals surface area contributed by atoms with E-state index in [1.54, 1.807) is 38.3 Å². The van der Waals surface area contributed by atoms with Crippen LogP contribution in [-0.4, -0.2) is 23.7 Å². The van der Waals surface area contributed by atoms with Crippen LogP contribution in [0.5, 0.6) is 5.75 Å². The number of thioether (sulfide) groups is 1. The Bertz CT molecular complexity index is 885. The molecule has 0 saturated carbocycles. The lowest BCUT2D eigenvalue weighted by atomic mass is 10.1. The smallest absolute Gasteiger partial charge is 0.161 e. The number of methoxy groups -OCH3 is 1. The van der Waals surface area contributed by atoms with E-state index in [1.807, 2.05) is 0 Å². The first kappa shape index (κ1) is 18.7. The fourth-order valence-corrected chi connectivity index (χ4v) is 3.37. The van der Waals surface area contributed by atoms with E-state index in [0.29, 0.717) is 38.9 Å². The Morgan fingerprint density at radius 3 is 2.52 bits per heavy atom. The summed E-state index contributed by atoms with van der Waals surface area (Å²) in [6, 6.07) is 8.94. The van der Waals surface area contributed by atoms with E-state index in [9.17, 15) is 14.9 Å². The van der Waals surface area contributed by atoms with Crippen LogP contribution >= 0.6 is 11.8 Å². The van der Waals surface area contributed by atoms with Gasteiger partial charge in [0.05, 0.1) is 12.7 Å². The number of carbonyl (C=O) groups excluding carboxylic acids is 2. The lowest BCUT2D eigenvalue weighted by Crippen LogP contribution is -2.02. The summed E-state index contributed by atoms with van der Waals surface area (Å²) in [6.45, 7) is 4.72. The highest BCUT2D eigenvalue weighted by atomic mass is 32.2. The number of hydrogen-bond acceptors (Lipinski definition) is 6. The predicted molar refractivity (Wildman–Crippen MR) is 96.3 cm³/mol. The number of carbonyl (C=O) groups is 2. The summed E-state index contributed by atoms with van der Waals surface area (Å²) >= 11 is 1.37. The van der Waals surface area contributed by atoms with Crippen molar-refractivity contribution >= 4 is 23.3 Å². The van der Waals surface area contributed by atoms with Crippen LogP contribution in [0.25, 0.3) is 0 Å². The highest BCUT2D eigenvalue weighted by molar-refractivity contribution is 7.98. The maximum absolute atomic E-state index is 11.6. The van der Waals surface area contributed by atoms with Gasteiger partial charge in [0.25, 0.3) is 0 Å². The van der Waals surface area contributed by atoms with E-state index in [0.717, 1.165) is 5.56 Å². The highest BCUT2D eigenvalue weighted by Gasteiger charge is 2.14. The molecule has 0 unspecified atom stereocenters. The number of hydrogen-bond donors (Lipinski definition) is 0. The van der Waals surface area contributed by atoms with Crippen molar-refractivity contribution < 1.29 is 14.3 Å². The molecule has 0 saturated heterocycles. The maximum Gasteiger partial charge on any atom is 0.161 e. The van der Waals surface area contributed by atoms with Crippen molar-refractivity contribution in [1.82, 2.24) is 4.98 Å². The van der Waals surface area contributed by atoms with Crippen LogP contribution in [0.3, 0.4) is 0 Å². The topological polar surface area (TPSA) is 80.0 Å². The Hall–Kier alpha value is -2.65. The normalized spacial score (nSPS) is 10.2. The summed E-state index contributed by atoms with van der Waals surface area (Å²) in [5.41, 5.74) is 2.87. The van der Waals surface area contributed by atoms with Gasteiger partial charge in [0.2, 0.25) is 0 Å². The van der Waals surface area contributed by atoms with Crippen molar-refractivity contribution in [3.05, 3.63) is 52.2 Å². The van der Waals surface area contributed by atoms with Gasteiger partial charge >= 0.3 is 0 Å². The zero-order valence-electron chi connectivity index (χ0n) is 14.5. The van der Waals surface area contributed by atoms with Crippen LogP contribution < -0.4 is 4.74 Å². The lowest BCUT2D eigenvalue weighted by molar-refractivity contribution is 0.100. The molecule has 0 aliphatic carbocycles. The van der Waals surface area contributed by atoms with Crippen LogP contribution in [0.4, 0.5) is 0 Å². The SMILES string of the molecule is COc1ccc(C(C)=O)cc1CSc1nc(C)c(C(C)=O)cc1C#N. The third kappa shape index (κ3) is 4.25. The van der Waals surface area contributed by atoms with Crippen molar-refractivity contribution in [1.29, 1.82) is 5.26 Å². The molecular formula is C19H18N2O3S. The molecule has 1 heterocycles. The zero-order chi connectivity index (χ0) is 18.6. The number of ketones is 2. The van der Waals surface area contributed by atoms with Crippen LogP contribution in [-0.2, 0) is 5.75 Å². The van der Waals surface area contributed by atoms with E-state index in [4.69, 9.17) is 4.74 Å². The molecular weight excluding hydrogens is 336 g/mol. The third-order valence-corrected chi connectivity index (χ3v) is 4.77. The zero-order valence-corrected chi connectivity index (χ0v) is 15.4. The minimum absolute atomic E-state index is 0.0219. The molecule has 2 rings (SSSR count). The molecule has 5 nitrogen and oxygen atoms in total. The molecule has 0 amide bonds. The summed E-state index contributed by atoms with van der Waals surface area (Å²) in [5.74, 6) is 1.03. The van der Waals surface area contributed by atoms with Gasteiger partial charge in [-0.2, -0.15) is 5.26 Å². The molecule has 1 aromatic heterocycles. The van der Waals surface area contributed by atoms with Crippen molar-refractivity contribution in [3.63, 3.8) is 0 Å². The molecule has 1 aromatic carbocycles. The number of aryl methyl sites for hydroxylation is 1. The first-order valence-electron chi connectivity index (χ1n) is 7.60. The molecule has 0 aliphatic heterocycles. The van der Waals surface area contributed by atoms with Crippen LogP contribution in [0.15, 0.2) is 29.3 Å². The molecule has 25 heavy (non-hydrogen) atoms. The molecule has 2 aromatic rings. The number of pyridine rings is 1. The highest BCUT2D eigenvalue weighted by Crippen LogP contribution is 2.30. The standard InChI is InChI=1S/C19H18N2O3S/c1-11-17(13(3)23)8-15(9-20)19(21-11)25-10-16-7-14(12(2)22)5-6-18(16)24-4/h5-8H,10H2,1-4H3. The van der Waals surface area contributed by atoms with Gasteiger partial charge in [-0.05, 0) is 45.0 Å². The fraction of sp³-hybridized carbons (Fsp3) is 0.263. The van der Waals surface area contributed by atoms with E-state index in [2.05, 4.69) is 11.1 Å². The molecule has 0 bridgehead atoms. The van der Waals surface area contributed by atoms with Gasteiger partial charge in [0.15, 0.2) is 11.6 Å². The molecule has 0 aliphatic rings. The second-order valence-corrected chi connectivity index (χ2v) is 6.48. The van der Waals surface area contributed by atoms with Crippen molar-refractivity contribution in [2.24, 2.45) is 0 Å². The Kier molecular flexibility index (Phi) is 5.94. The molecule has 0 spiro atoms. The fourth-order valence-electron chi connectivity index (χ4n) is 2.39. The van der Waals surface area contributed by atoms with Crippen LogP contribution in [0.2, 0.25) is 0 Å². The van der Waals surface area contributed by atoms with Gasteiger partial charge in [-0.25, -0.2) is 4.98 Å². The Morgan fingerprint density at radius 1 is 1.24 bits per heavy atom. The minimum atomic E-state index is -0.117. The summed E-state index contributed by atoms with van der Waals surface area (Å²) in [6.07, 6.45) is 0. The van der Waals surface area contributed by atoms with Gasteiger partial charge in [0.1, 0.15) is 16.8 Å². The Balaban J connectivity index is 2.34. The third-order valence-electron chi connectivity index (χ3n) is 3.73. The molecule has 0 fully saturated rings. The van der Waals surface area contributed by atoms with Gasteiger partial charge < -0.3 is 4.74 Å². The number of nitrogens with zero attached hydrogens (tertiary/aromatic N) is 2. The van der Waals surface area contributed by atoms with Gasteiger partial charge in [-0.15, -0.1) is 11.8 Å². The molecule has 0 N–H and O–H groups in total. The van der Waals surface area contributed by atoms with Crippen molar-refractivity contribution in [3.8, 4) is 11.8 Å². The van der Waals surface area contributed by atoms with Crippen molar-refractivity contribution in [2.75, 3.05) is 7.11 Å². The predicted octanol–water partition coefficient (Wildman–Crippen LogP) is 3.97. The number of benzene rings is 1. The largest absolute Gasteiger partial charge is 0.496 e. The number of nitriles is 1. The van der Waals surface area contributed by atoms with Gasteiger partial charge in [-0.1, -0.05) is 0 Å². The van der Waals surface area contributed by atoms with Crippen LogP contribution in [0.1, 0.15) is 51.4 Å². The first-order chi connectivity index (χ1) is 11.9. The first-order valence-corrected chi connectivity index (χ1v) is 8.59. The molecule has 0 radical (unpaired) electrons. The summed E-state index contributed by atoms with van der Waals surface area (Å²) in [5, 5.41) is 9.90. The van der Waals surface area contributed by atoms with Gasteiger partial charge in [-0.3, -0.25) is 9.59 Å². The number of Topliss-reactive ketones (excluding diaryl/α,β-unsaturated/α-hetero) is 2. The molecule has 0 atom stereocenters. The summed E-state index contributed by atoms with van der Waals surface area (Å²) < 4.78 is 5.34.